The van der Waals surface area contributed by atoms with Crippen molar-refractivity contribution in [1.29, 1.82) is 0 Å². The molecule has 0 saturated heterocycles. The number of esters is 2. The van der Waals surface area contributed by atoms with Gasteiger partial charge in [0.2, 0.25) is 0 Å². The third-order valence-corrected chi connectivity index (χ3v) is 7.66. The predicted octanol–water partition coefficient (Wildman–Crippen LogP) is 9.18. The van der Waals surface area contributed by atoms with E-state index in [2.05, 4.69) is 13.8 Å². The number of ketones is 2. The Labute approximate surface area is 262 Å². The van der Waals surface area contributed by atoms with E-state index in [0.717, 1.165) is 25.7 Å². The second-order valence-electron chi connectivity index (χ2n) is 11.1. The van der Waals surface area contributed by atoms with Crippen LogP contribution in [-0.4, -0.2) is 36.7 Å². The molecule has 1 aliphatic rings. The van der Waals surface area contributed by atoms with Gasteiger partial charge in [-0.1, -0.05) is 139 Å². The number of hydrogen-bond acceptors (Lipinski definition) is 6. The van der Waals surface area contributed by atoms with Gasteiger partial charge in [-0.15, -0.1) is 0 Å². The molecule has 0 N–H and O–H groups in total. The fourth-order valence-corrected chi connectivity index (χ4v) is 5.14. The molecule has 0 atom stereocenters. The first-order valence-electron chi connectivity index (χ1n) is 16.2. The molecular weight excluding hydrogens is 552 g/mol. The van der Waals surface area contributed by atoms with E-state index in [1.807, 2.05) is 0 Å². The van der Waals surface area contributed by atoms with Crippen LogP contribution < -0.4 is 0 Å². The number of benzene rings is 3. The number of unbranched alkanes of at least 4 members (excludes halogenated alkanes) is 10. The first kappa shape index (κ1) is 34.4. The van der Waals surface area contributed by atoms with Gasteiger partial charge in [0.1, 0.15) is 0 Å². The molecule has 0 fully saturated rings. The highest BCUT2D eigenvalue weighted by molar-refractivity contribution is 6.28. The van der Waals surface area contributed by atoms with Gasteiger partial charge in [-0.2, -0.15) is 0 Å². The average Bonchev–Trinajstić information content (AvgIpc) is 3.06. The van der Waals surface area contributed by atoms with Gasteiger partial charge in [-0.3, -0.25) is 9.59 Å². The largest absolute Gasteiger partial charge is 0.462 e. The Balaban J connectivity index is 0.000000275. The molecule has 4 rings (SSSR count). The minimum atomic E-state index is -0.444. The summed E-state index contributed by atoms with van der Waals surface area (Å²) in [5, 5.41) is 0. The van der Waals surface area contributed by atoms with Crippen LogP contribution in [0.4, 0.5) is 0 Å². The van der Waals surface area contributed by atoms with Crippen molar-refractivity contribution in [3.05, 3.63) is 106 Å². The van der Waals surface area contributed by atoms with Crippen molar-refractivity contribution in [3.63, 3.8) is 0 Å². The van der Waals surface area contributed by atoms with Crippen molar-refractivity contribution in [1.82, 2.24) is 0 Å². The lowest BCUT2D eigenvalue weighted by molar-refractivity contribution is 0.0450. The molecule has 3 aromatic rings. The van der Waals surface area contributed by atoms with Gasteiger partial charge in [0.25, 0.3) is 0 Å². The smallest absolute Gasteiger partial charge is 0.339 e. The van der Waals surface area contributed by atoms with E-state index >= 15 is 0 Å². The van der Waals surface area contributed by atoms with Crippen LogP contribution in [0, 0.1) is 0 Å². The summed E-state index contributed by atoms with van der Waals surface area (Å²) >= 11 is 0. The van der Waals surface area contributed by atoms with E-state index in [0.29, 0.717) is 46.6 Å². The highest BCUT2D eigenvalue weighted by Gasteiger charge is 2.28. The predicted molar refractivity (Wildman–Crippen MR) is 174 cm³/mol. The van der Waals surface area contributed by atoms with Crippen molar-refractivity contribution in [2.45, 2.75) is 90.9 Å². The highest BCUT2D eigenvalue weighted by atomic mass is 16.5. The van der Waals surface area contributed by atoms with Crippen LogP contribution >= 0.6 is 0 Å². The van der Waals surface area contributed by atoms with Gasteiger partial charge in [-0.05, 0) is 25.0 Å². The maximum atomic E-state index is 12.4. The van der Waals surface area contributed by atoms with Crippen molar-refractivity contribution in [2.24, 2.45) is 0 Å². The molecule has 6 nitrogen and oxygen atoms in total. The molecule has 1 aliphatic carbocycles. The number of fused-ring (bicyclic) bond motifs is 2. The van der Waals surface area contributed by atoms with Crippen molar-refractivity contribution in [3.8, 4) is 0 Å². The van der Waals surface area contributed by atoms with E-state index in [1.165, 1.54) is 51.4 Å². The van der Waals surface area contributed by atoms with Crippen molar-refractivity contribution < 1.29 is 28.7 Å². The number of hydrogen-bond donors (Lipinski definition) is 0. The SMILES string of the molecule is CCCCCCCCOC(=O)c1ccccc1C(=O)OCCCCCCCC.O=C1c2ccccc2C(=O)c2ccccc21. The van der Waals surface area contributed by atoms with E-state index in [9.17, 15) is 19.2 Å². The number of carbonyl (C=O) groups is 4. The van der Waals surface area contributed by atoms with Crippen LogP contribution in [0.25, 0.3) is 0 Å². The molecule has 0 heterocycles. The van der Waals surface area contributed by atoms with Crippen LogP contribution in [0.1, 0.15) is 143 Å². The number of carbonyl (C=O) groups excluding carboxylic acids is 4. The molecule has 0 amide bonds. The lowest BCUT2D eigenvalue weighted by atomic mass is 9.84. The highest BCUT2D eigenvalue weighted by Crippen LogP contribution is 2.26. The molecule has 44 heavy (non-hydrogen) atoms. The van der Waals surface area contributed by atoms with Crippen LogP contribution in [0.3, 0.4) is 0 Å². The van der Waals surface area contributed by atoms with Crippen LogP contribution in [0.2, 0.25) is 0 Å². The van der Waals surface area contributed by atoms with Crippen LogP contribution in [0.5, 0.6) is 0 Å². The van der Waals surface area contributed by atoms with E-state index in [-0.39, 0.29) is 11.6 Å². The third-order valence-electron chi connectivity index (χ3n) is 7.66. The Bertz CT molecular complexity index is 1220. The van der Waals surface area contributed by atoms with Gasteiger partial charge in [0, 0.05) is 22.3 Å². The molecule has 0 unspecified atom stereocenters. The lowest BCUT2D eigenvalue weighted by Crippen LogP contribution is -2.20. The van der Waals surface area contributed by atoms with Crippen LogP contribution in [0.15, 0.2) is 72.8 Å². The first-order chi connectivity index (χ1) is 21.5. The maximum Gasteiger partial charge on any atom is 0.339 e. The fraction of sp³-hybridized carbons (Fsp3) is 0.421. The molecular formula is C38H46O6. The zero-order chi connectivity index (χ0) is 31.6. The Kier molecular flexibility index (Phi) is 15.1. The normalized spacial score (nSPS) is 11.6. The zero-order valence-corrected chi connectivity index (χ0v) is 26.3. The summed E-state index contributed by atoms with van der Waals surface area (Å²) in [6.07, 6.45) is 13.6. The molecule has 6 heteroatoms. The molecule has 0 spiro atoms. The van der Waals surface area contributed by atoms with E-state index < -0.39 is 11.9 Å². The Hall–Kier alpha value is -4.06. The second kappa shape index (κ2) is 19.3. The summed E-state index contributed by atoms with van der Waals surface area (Å²) in [6, 6.07) is 20.6. The lowest BCUT2D eigenvalue weighted by Gasteiger charge is -2.16. The molecule has 0 aromatic heterocycles. The summed E-state index contributed by atoms with van der Waals surface area (Å²) < 4.78 is 10.7. The maximum absolute atomic E-state index is 12.4. The summed E-state index contributed by atoms with van der Waals surface area (Å²) in [7, 11) is 0. The summed E-state index contributed by atoms with van der Waals surface area (Å²) in [6.45, 7) is 5.17. The molecule has 0 bridgehead atoms. The quantitative estimate of drug-likeness (QED) is 0.0944. The van der Waals surface area contributed by atoms with Crippen LogP contribution in [-0.2, 0) is 9.47 Å². The molecule has 0 aliphatic heterocycles. The van der Waals surface area contributed by atoms with Crippen molar-refractivity contribution in [2.75, 3.05) is 13.2 Å². The molecule has 234 valence electrons. The van der Waals surface area contributed by atoms with Gasteiger partial charge >= 0.3 is 11.9 Å². The number of rotatable bonds is 16. The summed E-state index contributed by atoms with van der Waals surface area (Å²) in [4.78, 5) is 48.9. The first-order valence-corrected chi connectivity index (χ1v) is 16.2. The Morgan fingerprint density at radius 3 is 1.09 bits per heavy atom. The van der Waals surface area contributed by atoms with Gasteiger partial charge in [0.05, 0.1) is 24.3 Å². The zero-order valence-electron chi connectivity index (χ0n) is 26.3. The minimum absolute atomic E-state index is 0.0641. The van der Waals surface area contributed by atoms with Gasteiger partial charge < -0.3 is 9.47 Å². The van der Waals surface area contributed by atoms with Gasteiger partial charge in [0.15, 0.2) is 11.6 Å². The summed E-state index contributed by atoms with van der Waals surface area (Å²) in [5.41, 5.74) is 2.61. The second-order valence-corrected chi connectivity index (χ2v) is 11.1. The third kappa shape index (κ3) is 10.3. The Morgan fingerprint density at radius 2 is 0.750 bits per heavy atom. The monoisotopic (exact) mass is 598 g/mol. The molecule has 0 radical (unpaired) electrons. The average molecular weight is 599 g/mol. The minimum Gasteiger partial charge on any atom is -0.462 e. The standard InChI is InChI=1S/C24H38O4.C14H8O2/c1-3-5-7-9-11-15-19-27-23(25)21-17-13-14-18-22(21)24(26)28-20-16-12-10-8-6-4-2;15-13-9-5-1-2-6-10(9)14(16)12-8-4-3-7-11(12)13/h13-14,17-18H,3-12,15-16,19-20H2,1-2H3;1-8H. The molecule has 0 saturated carbocycles. The van der Waals surface area contributed by atoms with E-state index in [1.54, 1.807) is 72.8 Å². The number of ether oxygens (including phenoxy) is 2. The van der Waals surface area contributed by atoms with E-state index in [4.69, 9.17) is 9.47 Å². The fourth-order valence-electron chi connectivity index (χ4n) is 5.14. The topological polar surface area (TPSA) is 86.7 Å². The van der Waals surface area contributed by atoms with Gasteiger partial charge in [-0.25, -0.2) is 9.59 Å². The Morgan fingerprint density at radius 1 is 0.455 bits per heavy atom. The summed E-state index contributed by atoms with van der Waals surface area (Å²) in [5.74, 6) is -1.02. The molecule has 3 aromatic carbocycles. The van der Waals surface area contributed by atoms with Crippen molar-refractivity contribution >= 4 is 23.5 Å².